The van der Waals surface area contributed by atoms with Gasteiger partial charge in [0.15, 0.2) is 0 Å². The summed E-state index contributed by atoms with van der Waals surface area (Å²) in [5.41, 5.74) is 7.24. The monoisotopic (exact) mass is 265 g/mol. The molecule has 0 amide bonds. The molecule has 1 heteroatoms. The summed E-state index contributed by atoms with van der Waals surface area (Å²) in [6.07, 6.45) is 2.32. The van der Waals surface area contributed by atoms with Crippen LogP contribution in [0.3, 0.4) is 0 Å². The standard InChI is InChI=1S/C19H23N/c1-13-8-14(2)10-15(9-13)11-19(20-3)18-12-16-6-4-5-7-17(16)18/h4-10,18-20H,11-12H2,1-3H3. The fraction of sp³-hybridized carbons (Fsp3) is 0.368. The Morgan fingerprint density at radius 3 is 2.45 bits per heavy atom. The van der Waals surface area contributed by atoms with E-state index in [-0.39, 0.29) is 0 Å². The molecule has 0 spiro atoms. The molecule has 0 fully saturated rings. The highest BCUT2D eigenvalue weighted by molar-refractivity contribution is 5.42. The van der Waals surface area contributed by atoms with Gasteiger partial charge in [0.1, 0.15) is 0 Å². The smallest absolute Gasteiger partial charge is 0.0176 e. The molecule has 2 aromatic carbocycles. The van der Waals surface area contributed by atoms with Gasteiger partial charge in [-0.3, -0.25) is 0 Å². The Balaban J connectivity index is 1.79. The van der Waals surface area contributed by atoms with Gasteiger partial charge in [0.2, 0.25) is 0 Å². The largest absolute Gasteiger partial charge is 0.316 e. The van der Waals surface area contributed by atoms with Crippen molar-refractivity contribution in [2.45, 2.75) is 38.6 Å². The first-order valence-corrected chi connectivity index (χ1v) is 7.49. The number of rotatable bonds is 4. The molecule has 104 valence electrons. The summed E-state index contributed by atoms with van der Waals surface area (Å²) in [5.74, 6) is 0.664. The number of nitrogens with one attached hydrogen (secondary N) is 1. The van der Waals surface area contributed by atoms with Crippen LogP contribution in [-0.2, 0) is 12.8 Å². The molecule has 1 nitrogen and oxygen atoms in total. The molecule has 1 aliphatic rings. The molecule has 0 aromatic heterocycles. The van der Waals surface area contributed by atoms with Crippen molar-refractivity contribution in [1.82, 2.24) is 5.32 Å². The highest BCUT2D eigenvalue weighted by Crippen LogP contribution is 2.38. The van der Waals surface area contributed by atoms with Crippen LogP contribution in [0.25, 0.3) is 0 Å². The molecule has 20 heavy (non-hydrogen) atoms. The zero-order valence-corrected chi connectivity index (χ0v) is 12.6. The van der Waals surface area contributed by atoms with Crippen LogP contribution in [0.5, 0.6) is 0 Å². The lowest BCUT2D eigenvalue weighted by Gasteiger charge is -2.36. The maximum Gasteiger partial charge on any atom is 0.0176 e. The molecule has 2 aromatic rings. The predicted molar refractivity (Wildman–Crippen MR) is 85.4 cm³/mol. The number of hydrogen-bond acceptors (Lipinski definition) is 1. The van der Waals surface area contributed by atoms with Gasteiger partial charge in [-0.2, -0.15) is 0 Å². The van der Waals surface area contributed by atoms with Crippen molar-refractivity contribution in [3.05, 3.63) is 70.3 Å². The Labute approximate surface area is 122 Å². The SMILES string of the molecule is CNC(Cc1cc(C)cc(C)c1)C1Cc2ccccc21. The zero-order chi connectivity index (χ0) is 14.1. The minimum absolute atomic E-state index is 0.533. The number of likely N-dealkylation sites (N-methyl/N-ethyl adjacent to an activating group) is 1. The Kier molecular flexibility index (Phi) is 3.62. The lowest BCUT2D eigenvalue weighted by Crippen LogP contribution is -2.39. The third kappa shape index (κ3) is 2.51. The number of fused-ring (bicyclic) bond motifs is 1. The quantitative estimate of drug-likeness (QED) is 0.887. The minimum atomic E-state index is 0.533. The molecule has 0 saturated heterocycles. The summed E-state index contributed by atoms with van der Waals surface area (Å²) >= 11 is 0. The Morgan fingerprint density at radius 2 is 1.80 bits per heavy atom. The van der Waals surface area contributed by atoms with E-state index in [1.807, 2.05) is 0 Å². The molecule has 0 aliphatic heterocycles. The van der Waals surface area contributed by atoms with Crippen LogP contribution < -0.4 is 5.32 Å². The average molecular weight is 265 g/mol. The van der Waals surface area contributed by atoms with E-state index in [1.165, 1.54) is 34.2 Å². The van der Waals surface area contributed by atoms with Gasteiger partial charge in [-0.1, -0.05) is 53.6 Å². The topological polar surface area (TPSA) is 12.0 Å². The van der Waals surface area contributed by atoms with Gasteiger partial charge >= 0.3 is 0 Å². The highest BCUT2D eigenvalue weighted by atomic mass is 14.9. The van der Waals surface area contributed by atoms with Crippen molar-refractivity contribution in [3.63, 3.8) is 0 Å². The van der Waals surface area contributed by atoms with E-state index in [2.05, 4.69) is 68.7 Å². The second kappa shape index (κ2) is 5.41. The molecule has 2 unspecified atom stereocenters. The lowest BCUT2D eigenvalue weighted by atomic mass is 9.72. The molecule has 0 heterocycles. The van der Waals surface area contributed by atoms with E-state index in [1.54, 1.807) is 0 Å². The highest BCUT2D eigenvalue weighted by Gasteiger charge is 2.31. The summed E-state index contributed by atoms with van der Waals surface area (Å²) in [5, 5.41) is 3.53. The van der Waals surface area contributed by atoms with E-state index >= 15 is 0 Å². The van der Waals surface area contributed by atoms with Gasteiger partial charge in [-0.05, 0) is 50.4 Å². The van der Waals surface area contributed by atoms with Crippen LogP contribution >= 0.6 is 0 Å². The van der Waals surface area contributed by atoms with Crippen LogP contribution in [0.15, 0.2) is 42.5 Å². The molecule has 1 aliphatic carbocycles. The number of benzene rings is 2. The van der Waals surface area contributed by atoms with E-state index in [9.17, 15) is 0 Å². The second-order valence-corrected chi connectivity index (χ2v) is 6.10. The fourth-order valence-electron chi connectivity index (χ4n) is 3.54. The van der Waals surface area contributed by atoms with Crippen LogP contribution in [0.1, 0.15) is 33.7 Å². The summed E-state index contributed by atoms with van der Waals surface area (Å²) in [6, 6.07) is 16.3. The van der Waals surface area contributed by atoms with Crippen molar-refractivity contribution >= 4 is 0 Å². The van der Waals surface area contributed by atoms with Gasteiger partial charge < -0.3 is 5.32 Å². The molecule has 3 rings (SSSR count). The van der Waals surface area contributed by atoms with E-state index in [0.717, 1.165) is 6.42 Å². The Morgan fingerprint density at radius 1 is 1.10 bits per heavy atom. The lowest BCUT2D eigenvalue weighted by molar-refractivity contribution is 0.422. The first kappa shape index (κ1) is 13.4. The van der Waals surface area contributed by atoms with Gasteiger partial charge in [0, 0.05) is 12.0 Å². The molecular weight excluding hydrogens is 242 g/mol. The first-order chi connectivity index (χ1) is 9.67. The van der Waals surface area contributed by atoms with Gasteiger partial charge in [0.05, 0.1) is 0 Å². The number of aryl methyl sites for hydroxylation is 2. The van der Waals surface area contributed by atoms with E-state index in [4.69, 9.17) is 0 Å². The summed E-state index contributed by atoms with van der Waals surface area (Å²) in [4.78, 5) is 0. The molecular formula is C19H23N. The maximum atomic E-state index is 3.53. The third-order valence-electron chi connectivity index (χ3n) is 4.49. The zero-order valence-electron chi connectivity index (χ0n) is 12.6. The number of hydrogen-bond donors (Lipinski definition) is 1. The average Bonchev–Trinajstić information content (AvgIpc) is 2.38. The van der Waals surface area contributed by atoms with Gasteiger partial charge in [0.25, 0.3) is 0 Å². The maximum absolute atomic E-state index is 3.53. The van der Waals surface area contributed by atoms with Crippen LogP contribution in [0, 0.1) is 13.8 Å². The molecule has 0 bridgehead atoms. The van der Waals surface area contributed by atoms with Crippen molar-refractivity contribution in [2.75, 3.05) is 7.05 Å². The van der Waals surface area contributed by atoms with Crippen LogP contribution in [-0.4, -0.2) is 13.1 Å². The van der Waals surface area contributed by atoms with Gasteiger partial charge in [-0.25, -0.2) is 0 Å². The van der Waals surface area contributed by atoms with Crippen LogP contribution in [0.4, 0.5) is 0 Å². The summed E-state index contributed by atoms with van der Waals surface area (Å²) in [6.45, 7) is 4.37. The van der Waals surface area contributed by atoms with Gasteiger partial charge in [-0.15, -0.1) is 0 Å². The summed E-state index contributed by atoms with van der Waals surface area (Å²) in [7, 11) is 2.09. The third-order valence-corrected chi connectivity index (χ3v) is 4.49. The minimum Gasteiger partial charge on any atom is -0.316 e. The Bertz CT molecular complexity index is 595. The van der Waals surface area contributed by atoms with Crippen molar-refractivity contribution in [3.8, 4) is 0 Å². The van der Waals surface area contributed by atoms with E-state index < -0.39 is 0 Å². The van der Waals surface area contributed by atoms with Crippen molar-refractivity contribution < 1.29 is 0 Å². The van der Waals surface area contributed by atoms with Crippen LogP contribution in [0.2, 0.25) is 0 Å². The predicted octanol–water partition coefficient (Wildman–Crippen LogP) is 3.77. The second-order valence-electron chi connectivity index (χ2n) is 6.10. The summed E-state index contributed by atoms with van der Waals surface area (Å²) < 4.78 is 0. The normalized spacial score (nSPS) is 18.2. The molecule has 0 radical (unpaired) electrons. The van der Waals surface area contributed by atoms with E-state index in [0.29, 0.717) is 12.0 Å². The Hall–Kier alpha value is -1.60. The van der Waals surface area contributed by atoms with Crippen molar-refractivity contribution in [2.24, 2.45) is 0 Å². The molecule has 0 saturated carbocycles. The van der Waals surface area contributed by atoms with Crippen molar-refractivity contribution in [1.29, 1.82) is 0 Å². The molecule has 1 N–H and O–H groups in total. The first-order valence-electron chi connectivity index (χ1n) is 7.49. The molecule has 2 atom stereocenters. The fourth-order valence-corrected chi connectivity index (χ4v) is 3.54.